The second-order valence-corrected chi connectivity index (χ2v) is 6.05. The fraction of sp³-hybridized carbons (Fsp3) is 0.222. The number of rotatable bonds is 3. The lowest BCUT2D eigenvalue weighted by atomic mass is 9.96. The predicted octanol–water partition coefficient (Wildman–Crippen LogP) is 2.00. The lowest BCUT2D eigenvalue weighted by Crippen LogP contribution is -2.59. The van der Waals surface area contributed by atoms with Crippen LogP contribution in [-0.4, -0.2) is 34.9 Å². The third kappa shape index (κ3) is 3.08. The lowest BCUT2D eigenvalue weighted by Gasteiger charge is -2.41. The lowest BCUT2D eigenvalue weighted by molar-refractivity contribution is -0.128. The van der Waals surface area contributed by atoms with Crippen molar-refractivity contribution in [3.8, 4) is 0 Å². The van der Waals surface area contributed by atoms with Gasteiger partial charge in [0.2, 0.25) is 5.91 Å². The maximum absolute atomic E-state index is 12.7. The van der Waals surface area contributed by atoms with Gasteiger partial charge in [-0.1, -0.05) is 18.2 Å². The van der Waals surface area contributed by atoms with Gasteiger partial charge < -0.3 is 10.1 Å². The number of nitrogens with zero attached hydrogens (tertiary/aromatic N) is 2. The predicted molar refractivity (Wildman–Crippen MR) is 91.2 cm³/mol. The Morgan fingerprint density at radius 3 is 2.60 bits per heavy atom. The molecule has 0 radical (unpaired) electrons. The van der Waals surface area contributed by atoms with E-state index >= 15 is 0 Å². The largest absolute Gasteiger partial charge is 0.451 e. The van der Waals surface area contributed by atoms with Gasteiger partial charge in [-0.25, -0.2) is 9.78 Å². The Morgan fingerprint density at radius 1 is 1.16 bits per heavy atom. The summed E-state index contributed by atoms with van der Waals surface area (Å²) in [6, 6.07) is 11.8. The van der Waals surface area contributed by atoms with Crippen LogP contribution in [0.5, 0.6) is 0 Å². The van der Waals surface area contributed by atoms with Crippen LogP contribution in [0.2, 0.25) is 0 Å². The Labute approximate surface area is 144 Å². The molecule has 0 bridgehead atoms. The van der Waals surface area contributed by atoms with Gasteiger partial charge in [-0.3, -0.25) is 14.5 Å². The van der Waals surface area contributed by atoms with E-state index < -0.39 is 24.0 Å². The zero-order valence-electron chi connectivity index (χ0n) is 13.9. The Hall–Kier alpha value is -3.22. The van der Waals surface area contributed by atoms with Gasteiger partial charge in [0.25, 0.3) is 5.91 Å². The van der Waals surface area contributed by atoms with Gasteiger partial charge in [-0.05, 0) is 38.1 Å². The summed E-state index contributed by atoms with van der Waals surface area (Å²) >= 11 is 0. The van der Waals surface area contributed by atoms with Gasteiger partial charge in [0, 0.05) is 6.20 Å². The highest BCUT2D eigenvalue weighted by Crippen LogP contribution is 2.36. The first-order valence-electron chi connectivity index (χ1n) is 7.73. The van der Waals surface area contributed by atoms with Crippen molar-refractivity contribution in [2.45, 2.75) is 19.4 Å². The van der Waals surface area contributed by atoms with Crippen molar-refractivity contribution in [1.29, 1.82) is 0 Å². The second-order valence-electron chi connectivity index (χ2n) is 6.05. The number of fused-ring (bicyclic) bond motifs is 1. The van der Waals surface area contributed by atoms with Crippen molar-refractivity contribution >= 4 is 29.2 Å². The highest BCUT2D eigenvalue weighted by Gasteiger charge is 2.43. The van der Waals surface area contributed by atoms with Crippen molar-refractivity contribution in [3.05, 3.63) is 54.4 Å². The number of amides is 2. The third-order valence-electron chi connectivity index (χ3n) is 3.96. The number of hydrogen-bond acceptors (Lipinski definition) is 5. The first kappa shape index (κ1) is 16.6. The Bertz CT molecular complexity index is 833. The summed E-state index contributed by atoms with van der Waals surface area (Å²) in [6.07, 6.45) is 1.47. The Kier molecular flexibility index (Phi) is 4.22. The molecule has 0 saturated carbocycles. The zero-order chi connectivity index (χ0) is 18.0. The number of aromatic nitrogens is 1. The van der Waals surface area contributed by atoms with E-state index in [-0.39, 0.29) is 11.6 Å². The molecule has 0 fully saturated rings. The summed E-state index contributed by atoms with van der Waals surface area (Å²) in [5, 5.41) is 2.78. The van der Waals surface area contributed by atoms with Crippen LogP contribution in [0.1, 0.15) is 24.3 Å². The van der Waals surface area contributed by atoms with Crippen molar-refractivity contribution in [1.82, 2.24) is 4.98 Å². The number of carbonyl (C=O) groups is 3. The molecule has 2 heterocycles. The van der Waals surface area contributed by atoms with E-state index in [1.54, 1.807) is 50.2 Å². The first-order chi connectivity index (χ1) is 11.9. The van der Waals surface area contributed by atoms with Crippen molar-refractivity contribution in [2.24, 2.45) is 0 Å². The quantitative estimate of drug-likeness (QED) is 0.864. The molecule has 3 rings (SSSR count). The SMILES string of the molecule is CC1(C)C(=O)Nc2ccccc2N1C(=O)COC(=O)c1ccccn1. The van der Waals surface area contributed by atoms with E-state index in [1.165, 1.54) is 17.2 Å². The van der Waals surface area contributed by atoms with Crippen LogP contribution in [0, 0.1) is 0 Å². The molecule has 128 valence electrons. The molecule has 7 heteroatoms. The van der Waals surface area contributed by atoms with Gasteiger partial charge >= 0.3 is 5.97 Å². The van der Waals surface area contributed by atoms with Crippen LogP contribution in [0.4, 0.5) is 11.4 Å². The summed E-state index contributed by atoms with van der Waals surface area (Å²) in [5.74, 6) is -1.49. The van der Waals surface area contributed by atoms with E-state index in [4.69, 9.17) is 4.74 Å². The Balaban J connectivity index is 1.81. The molecule has 1 aliphatic heterocycles. The standard InChI is InChI=1S/C18H17N3O4/c1-18(2)17(24)20-12-7-3-4-9-14(12)21(18)15(22)11-25-16(23)13-8-5-6-10-19-13/h3-10H,11H2,1-2H3,(H,20,24). The maximum atomic E-state index is 12.7. The monoisotopic (exact) mass is 339 g/mol. The molecule has 2 aromatic rings. The van der Waals surface area contributed by atoms with Crippen molar-refractivity contribution in [2.75, 3.05) is 16.8 Å². The topological polar surface area (TPSA) is 88.6 Å². The number of anilines is 2. The van der Waals surface area contributed by atoms with Crippen LogP contribution in [0.15, 0.2) is 48.7 Å². The van der Waals surface area contributed by atoms with E-state index in [0.717, 1.165) is 0 Å². The zero-order valence-corrected chi connectivity index (χ0v) is 13.9. The van der Waals surface area contributed by atoms with Crippen LogP contribution in [0.3, 0.4) is 0 Å². The minimum Gasteiger partial charge on any atom is -0.451 e. The number of pyridine rings is 1. The number of nitrogens with one attached hydrogen (secondary N) is 1. The minimum atomic E-state index is -1.11. The van der Waals surface area contributed by atoms with E-state index in [9.17, 15) is 14.4 Å². The number of para-hydroxylation sites is 2. The van der Waals surface area contributed by atoms with Crippen LogP contribution < -0.4 is 10.2 Å². The van der Waals surface area contributed by atoms with Gasteiger partial charge in [-0.15, -0.1) is 0 Å². The summed E-state index contributed by atoms with van der Waals surface area (Å²) < 4.78 is 5.06. The summed E-state index contributed by atoms with van der Waals surface area (Å²) in [7, 11) is 0. The number of benzene rings is 1. The first-order valence-corrected chi connectivity index (χ1v) is 7.73. The molecule has 1 aromatic carbocycles. The average Bonchev–Trinajstić information content (AvgIpc) is 2.61. The summed E-state index contributed by atoms with van der Waals surface area (Å²) in [4.78, 5) is 42.2. The summed E-state index contributed by atoms with van der Waals surface area (Å²) in [6.45, 7) is 2.79. The molecular weight excluding hydrogens is 322 g/mol. The number of ether oxygens (including phenoxy) is 1. The molecule has 2 amide bonds. The molecule has 0 aliphatic carbocycles. The Morgan fingerprint density at radius 2 is 1.88 bits per heavy atom. The highest BCUT2D eigenvalue weighted by molar-refractivity contribution is 6.14. The molecule has 0 spiro atoms. The average molecular weight is 339 g/mol. The summed E-state index contributed by atoms with van der Waals surface area (Å²) in [5.41, 5.74) is 0.108. The fourth-order valence-corrected chi connectivity index (χ4v) is 2.65. The van der Waals surface area contributed by atoms with E-state index in [2.05, 4.69) is 10.3 Å². The molecule has 7 nitrogen and oxygen atoms in total. The molecule has 0 atom stereocenters. The van der Waals surface area contributed by atoms with Crippen LogP contribution in [-0.2, 0) is 14.3 Å². The van der Waals surface area contributed by atoms with E-state index in [0.29, 0.717) is 11.4 Å². The normalized spacial score (nSPS) is 15.1. The minimum absolute atomic E-state index is 0.117. The van der Waals surface area contributed by atoms with Gasteiger partial charge in [-0.2, -0.15) is 0 Å². The fourth-order valence-electron chi connectivity index (χ4n) is 2.65. The molecule has 1 N–H and O–H groups in total. The molecule has 1 aromatic heterocycles. The van der Waals surface area contributed by atoms with Crippen LogP contribution in [0.25, 0.3) is 0 Å². The van der Waals surface area contributed by atoms with Gasteiger partial charge in [0.1, 0.15) is 11.2 Å². The van der Waals surface area contributed by atoms with Gasteiger partial charge in [0.15, 0.2) is 6.61 Å². The third-order valence-corrected chi connectivity index (χ3v) is 3.96. The highest BCUT2D eigenvalue weighted by atomic mass is 16.5. The molecule has 0 saturated heterocycles. The molecular formula is C18H17N3O4. The smallest absolute Gasteiger partial charge is 0.357 e. The molecule has 0 unspecified atom stereocenters. The van der Waals surface area contributed by atoms with Crippen LogP contribution >= 0.6 is 0 Å². The van der Waals surface area contributed by atoms with Crippen molar-refractivity contribution in [3.63, 3.8) is 0 Å². The second kappa shape index (κ2) is 6.35. The number of esters is 1. The van der Waals surface area contributed by atoms with E-state index in [1.807, 2.05) is 0 Å². The maximum Gasteiger partial charge on any atom is 0.357 e. The molecule has 25 heavy (non-hydrogen) atoms. The number of hydrogen-bond donors (Lipinski definition) is 1. The van der Waals surface area contributed by atoms with Gasteiger partial charge in [0.05, 0.1) is 11.4 Å². The molecule has 1 aliphatic rings. The number of carbonyl (C=O) groups excluding carboxylic acids is 3. The van der Waals surface area contributed by atoms with Crippen molar-refractivity contribution < 1.29 is 19.1 Å².